The quantitative estimate of drug-likeness (QED) is 0.600. The lowest BCUT2D eigenvalue weighted by atomic mass is 10.3. The molecule has 0 spiro atoms. The molecule has 0 aliphatic carbocycles. The molecule has 1 N–H and O–H groups in total. The summed E-state index contributed by atoms with van der Waals surface area (Å²) in [5.41, 5.74) is 1.29. The van der Waals surface area contributed by atoms with Gasteiger partial charge in [0.2, 0.25) is 5.82 Å². The van der Waals surface area contributed by atoms with Crippen molar-refractivity contribution in [1.82, 2.24) is 34.7 Å². The first kappa shape index (κ1) is 15.5. The fourth-order valence-corrected chi connectivity index (χ4v) is 2.29. The second-order valence-corrected chi connectivity index (χ2v) is 5.17. The molecule has 0 unspecified atom stereocenters. The van der Waals surface area contributed by atoms with Gasteiger partial charge in [-0.1, -0.05) is 6.07 Å². The number of pyridine rings is 2. The topological polar surface area (TPSA) is 111 Å². The molecule has 0 saturated heterocycles. The molecule has 4 aromatic rings. The average Bonchev–Trinajstić information content (AvgIpc) is 3.20. The number of nitrogens with zero attached hydrogens (tertiary/aromatic N) is 7. The number of carbonyl (C=O) groups is 1. The largest absolute Gasteiger partial charge is 0.304 e. The van der Waals surface area contributed by atoms with E-state index in [4.69, 9.17) is 0 Å². The van der Waals surface area contributed by atoms with Crippen molar-refractivity contribution in [2.75, 3.05) is 5.32 Å². The molecule has 0 bridgehead atoms. The monoisotopic (exact) mass is 344 g/mol. The molecule has 4 aromatic heterocycles. The van der Waals surface area contributed by atoms with Gasteiger partial charge in [-0.05, 0) is 30.3 Å². The number of aromatic nitrogens is 7. The predicted octanol–water partition coefficient (Wildman–Crippen LogP) is 1.77. The molecule has 126 valence electrons. The lowest BCUT2D eigenvalue weighted by Crippen LogP contribution is -2.18. The Labute approximate surface area is 147 Å². The lowest BCUT2D eigenvalue weighted by Gasteiger charge is -2.07. The third-order valence-electron chi connectivity index (χ3n) is 3.47. The third-order valence-corrected chi connectivity index (χ3v) is 3.47. The zero-order valence-corrected chi connectivity index (χ0v) is 13.4. The number of anilines is 1. The molecule has 9 nitrogen and oxygen atoms in total. The van der Waals surface area contributed by atoms with Crippen molar-refractivity contribution in [3.05, 3.63) is 73.3 Å². The maximum atomic E-state index is 12.6. The van der Waals surface area contributed by atoms with Crippen molar-refractivity contribution < 1.29 is 4.79 Å². The van der Waals surface area contributed by atoms with Gasteiger partial charge in [0.15, 0.2) is 5.82 Å². The van der Waals surface area contributed by atoms with E-state index in [2.05, 4.69) is 35.5 Å². The Morgan fingerprint density at radius 2 is 1.96 bits per heavy atom. The number of nitrogens with one attached hydrogen (secondary N) is 1. The Morgan fingerprint density at radius 3 is 2.77 bits per heavy atom. The Bertz CT molecular complexity index is 1030. The summed E-state index contributed by atoms with van der Waals surface area (Å²) in [4.78, 5) is 29.3. The smallest absolute Gasteiger partial charge is 0.295 e. The molecule has 4 rings (SSSR count). The van der Waals surface area contributed by atoms with E-state index in [1.54, 1.807) is 59.7 Å². The van der Waals surface area contributed by atoms with Crippen LogP contribution in [0.2, 0.25) is 0 Å². The zero-order chi connectivity index (χ0) is 17.8. The molecular formula is C17H12N8O. The first-order chi connectivity index (χ1) is 12.8. The molecule has 0 aliphatic rings. The summed E-state index contributed by atoms with van der Waals surface area (Å²) in [5.74, 6) is 0.427. The van der Waals surface area contributed by atoms with Crippen LogP contribution in [0.25, 0.3) is 17.2 Å². The molecule has 26 heavy (non-hydrogen) atoms. The van der Waals surface area contributed by atoms with Gasteiger partial charge >= 0.3 is 0 Å². The number of rotatable bonds is 4. The molecule has 0 saturated carbocycles. The standard InChI is InChI=1S/C17H12N8O/c26-17(16-24-21-11-25(16)12-4-3-7-18-10-12)23-14-6-9-20-15(22-14)13-5-1-2-8-19-13/h1-11H,(H,20,22,23,26). The Hall–Kier alpha value is -4.01. The number of amides is 1. The van der Waals surface area contributed by atoms with Crippen LogP contribution in [0.4, 0.5) is 5.82 Å². The highest BCUT2D eigenvalue weighted by Crippen LogP contribution is 2.14. The Kier molecular flexibility index (Phi) is 4.09. The summed E-state index contributed by atoms with van der Waals surface area (Å²) in [6.07, 6.45) is 7.92. The number of carbonyl (C=O) groups excluding carboxylic acids is 1. The maximum Gasteiger partial charge on any atom is 0.295 e. The normalized spacial score (nSPS) is 10.5. The zero-order valence-electron chi connectivity index (χ0n) is 13.4. The first-order valence-electron chi connectivity index (χ1n) is 7.67. The van der Waals surface area contributed by atoms with Crippen LogP contribution in [-0.4, -0.2) is 40.6 Å². The highest BCUT2D eigenvalue weighted by molar-refractivity contribution is 6.01. The summed E-state index contributed by atoms with van der Waals surface area (Å²) >= 11 is 0. The third kappa shape index (κ3) is 3.13. The first-order valence-corrected chi connectivity index (χ1v) is 7.67. The summed E-state index contributed by atoms with van der Waals surface area (Å²) < 4.78 is 1.54. The summed E-state index contributed by atoms with van der Waals surface area (Å²) in [5, 5.41) is 10.4. The number of hydrogen-bond acceptors (Lipinski definition) is 7. The van der Waals surface area contributed by atoms with Crippen LogP contribution in [0.5, 0.6) is 0 Å². The molecule has 1 amide bonds. The molecule has 9 heteroatoms. The second-order valence-electron chi connectivity index (χ2n) is 5.17. The maximum absolute atomic E-state index is 12.6. The van der Waals surface area contributed by atoms with E-state index < -0.39 is 5.91 Å². The van der Waals surface area contributed by atoms with Crippen molar-refractivity contribution in [1.29, 1.82) is 0 Å². The van der Waals surface area contributed by atoms with Gasteiger partial charge in [0.25, 0.3) is 5.91 Å². The van der Waals surface area contributed by atoms with Gasteiger partial charge in [-0.15, -0.1) is 10.2 Å². The molecule has 0 atom stereocenters. The number of hydrogen-bond donors (Lipinski definition) is 1. The Morgan fingerprint density at radius 1 is 1.00 bits per heavy atom. The summed E-state index contributed by atoms with van der Waals surface area (Å²) in [6.45, 7) is 0. The van der Waals surface area contributed by atoms with Crippen LogP contribution < -0.4 is 5.32 Å². The van der Waals surface area contributed by atoms with Crippen molar-refractivity contribution >= 4 is 11.7 Å². The van der Waals surface area contributed by atoms with Gasteiger partial charge in [0.1, 0.15) is 17.8 Å². The van der Waals surface area contributed by atoms with Gasteiger partial charge in [-0.25, -0.2) is 9.97 Å². The van der Waals surface area contributed by atoms with Gasteiger partial charge in [0, 0.05) is 18.6 Å². The molecule has 0 radical (unpaired) electrons. The van der Waals surface area contributed by atoms with E-state index in [1.807, 2.05) is 6.07 Å². The van der Waals surface area contributed by atoms with E-state index >= 15 is 0 Å². The predicted molar refractivity (Wildman–Crippen MR) is 92.4 cm³/mol. The van der Waals surface area contributed by atoms with Gasteiger partial charge in [-0.2, -0.15) is 0 Å². The molecular weight excluding hydrogens is 332 g/mol. The SMILES string of the molecule is O=C(Nc1ccnc(-c2ccccn2)n1)c1nncn1-c1cccnc1. The molecule has 0 fully saturated rings. The van der Waals surface area contributed by atoms with Crippen LogP contribution in [0.3, 0.4) is 0 Å². The molecule has 0 aliphatic heterocycles. The second kappa shape index (κ2) is 6.85. The van der Waals surface area contributed by atoms with E-state index in [0.29, 0.717) is 23.0 Å². The van der Waals surface area contributed by atoms with E-state index in [1.165, 1.54) is 6.33 Å². The van der Waals surface area contributed by atoms with E-state index in [9.17, 15) is 4.79 Å². The minimum absolute atomic E-state index is 0.121. The van der Waals surface area contributed by atoms with E-state index in [-0.39, 0.29) is 5.82 Å². The van der Waals surface area contributed by atoms with Gasteiger partial charge < -0.3 is 5.32 Å². The average molecular weight is 344 g/mol. The van der Waals surface area contributed by atoms with E-state index in [0.717, 1.165) is 0 Å². The Balaban J connectivity index is 1.60. The van der Waals surface area contributed by atoms with Crippen LogP contribution in [0.1, 0.15) is 10.6 Å². The highest BCUT2D eigenvalue weighted by Gasteiger charge is 2.16. The minimum Gasteiger partial charge on any atom is -0.304 e. The van der Waals surface area contributed by atoms with Crippen molar-refractivity contribution in [2.24, 2.45) is 0 Å². The highest BCUT2D eigenvalue weighted by atomic mass is 16.2. The summed E-state index contributed by atoms with van der Waals surface area (Å²) in [6, 6.07) is 10.6. The fourth-order valence-electron chi connectivity index (χ4n) is 2.29. The fraction of sp³-hybridized carbons (Fsp3) is 0. The van der Waals surface area contributed by atoms with Gasteiger partial charge in [-0.3, -0.25) is 19.3 Å². The molecule has 4 heterocycles. The van der Waals surface area contributed by atoms with Gasteiger partial charge in [0.05, 0.1) is 11.9 Å². The van der Waals surface area contributed by atoms with Crippen LogP contribution >= 0.6 is 0 Å². The van der Waals surface area contributed by atoms with Crippen LogP contribution in [-0.2, 0) is 0 Å². The van der Waals surface area contributed by atoms with Crippen LogP contribution in [0.15, 0.2) is 67.5 Å². The van der Waals surface area contributed by atoms with Crippen LogP contribution in [0, 0.1) is 0 Å². The summed E-state index contributed by atoms with van der Waals surface area (Å²) in [7, 11) is 0. The lowest BCUT2D eigenvalue weighted by molar-refractivity contribution is 0.101. The van der Waals surface area contributed by atoms with Crippen molar-refractivity contribution in [2.45, 2.75) is 0 Å². The van der Waals surface area contributed by atoms with Crippen molar-refractivity contribution in [3.63, 3.8) is 0 Å². The van der Waals surface area contributed by atoms with Crippen molar-refractivity contribution in [3.8, 4) is 17.2 Å². The molecule has 0 aromatic carbocycles. The minimum atomic E-state index is -0.447.